The highest BCUT2D eigenvalue weighted by atomic mass is 79.9. The number of aromatic nitrogens is 2. The molecule has 6 heteroatoms. The fraction of sp³-hybridized carbons (Fsp3) is 0.0769. The van der Waals surface area contributed by atoms with Crippen LogP contribution in [0.4, 0.5) is 0 Å². The zero-order valence-electron chi connectivity index (χ0n) is 9.64. The van der Waals surface area contributed by atoms with Gasteiger partial charge in [-0.25, -0.2) is 4.98 Å². The molecule has 0 bridgehead atoms. The molecule has 3 aromatic rings. The topological polar surface area (TPSA) is 48.0 Å². The predicted molar refractivity (Wildman–Crippen MR) is 79.2 cm³/mol. The minimum atomic E-state index is -0.0787. The van der Waals surface area contributed by atoms with Crippen molar-refractivity contribution in [1.82, 2.24) is 9.55 Å². The van der Waals surface area contributed by atoms with Crippen LogP contribution in [0.2, 0.25) is 0 Å². The third kappa shape index (κ3) is 2.50. The van der Waals surface area contributed by atoms with E-state index in [4.69, 9.17) is 4.42 Å². The van der Waals surface area contributed by atoms with Gasteiger partial charge in [-0.15, -0.1) is 0 Å². The van der Waals surface area contributed by atoms with Crippen LogP contribution in [-0.4, -0.2) is 9.55 Å². The summed E-state index contributed by atoms with van der Waals surface area (Å²) in [7, 11) is 0. The highest BCUT2D eigenvalue weighted by molar-refractivity contribution is 9.10. The number of hydrogen-bond donors (Lipinski definition) is 0. The van der Waals surface area contributed by atoms with Crippen molar-refractivity contribution in [2.75, 3.05) is 0 Å². The average Bonchev–Trinajstić information content (AvgIpc) is 2.78. The van der Waals surface area contributed by atoms with Gasteiger partial charge >= 0.3 is 0 Å². The number of rotatable bonds is 2. The molecule has 0 unspecified atom stereocenters. The Morgan fingerprint density at radius 1 is 1.21 bits per heavy atom. The molecule has 0 atom stereocenters. The summed E-state index contributed by atoms with van der Waals surface area (Å²) in [5, 5.41) is 0.594. The Bertz CT molecular complexity index is 808. The normalized spacial score (nSPS) is 11.1. The molecule has 1 aromatic carbocycles. The molecule has 4 nitrogen and oxygen atoms in total. The molecule has 2 heterocycles. The summed E-state index contributed by atoms with van der Waals surface area (Å²) in [5.41, 5.74) is 0.598. The monoisotopic (exact) mass is 382 g/mol. The van der Waals surface area contributed by atoms with E-state index in [9.17, 15) is 4.79 Å². The van der Waals surface area contributed by atoms with E-state index in [0.717, 1.165) is 4.47 Å². The quantitative estimate of drug-likeness (QED) is 0.679. The molecule has 96 valence electrons. The molecule has 0 N–H and O–H groups in total. The Hall–Kier alpha value is -1.40. The largest absolute Gasteiger partial charge is 0.452 e. The van der Waals surface area contributed by atoms with Gasteiger partial charge in [0.05, 0.1) is 23.8 Å². The van der Waals surface area contributed by atoms with Crippen molar-refractivity contribution in [3.63, 3.8) is 0 Å². The van der Waals surface area contributed by atoms with Gasteiger partial charge in [0, 0.05) is 4.47 Å². The smallest absolute Gasteiger partial charge is 0.261 e. The van der Waals surface area contributed by atoms with E-state index >= 15 is 0 Å². The fourth-order valence-corrected chi connectivity index (χ4v) is 2.54. The molecule has 0 aliphatic rings. The molecular weight excluding hydrogens is 376 g/mol. The second-order valence-electron chi connectivity index (χ2n) is 4.04. The van der Waals surface area contributed by atoms with Gasteiger partial charge in [0.15, 0.2) is 4.67 Å². The molecule has 0 radical (unpaired) electrons. The van der Waals surface area contributed by atoms with Crippen LogP contribution < -0.4 is 5.56 Å². The number of benzene rings is 1. The van der Waals surface area contributed by atoms with Crippen LogP contribution in [-0.2, 0) is 6.54 Å². The molecule has 0 aliphatic carbocycles. The summed E-state index contributed by atoms with van der Waals surface area (Å²) < 4.78 is 8.47. The number of hydrogen-bond acceptors (Lipinski definition) is 3. The van der Waals surface area contributed by atoms with Crippen molar-refractivity contribution in [3.8, 4) is 0 Å². The number of halogens is 2. The Morgan fingerprint density at radius 3 is 2.79 bits per heavy atom. The lowest BCUT2D eigenvalue weighted by Gasteiger charge is -2.04. The predicted octanol–water partition coefficient (Wildman–Crippen LogP) is 3.56. The van der Waals surface area contributed by atoms with Crippen LogP contribution in [0.1, 0.15) is 5.76 Å². The maximum Gasteiger partial charge on any atom is 0.261 e. The van der Waals surface area contributed by atoms with Crippen LogP contribution in [0.15, 0.2) is 55.0 Å². The molecule has 3 rings (SSSR count). The van der Waals surface area contributed by atoms with Crippen LogP contribution >= 0.6 is 31.9 Å². The molecule has 0 amide bonds. The summed E-state index contributed by atoms with van der Waals surface area (Å²) in [6, 6.07) is 9.04. The first-order valence-corrected chi connectivity index (χ1v) is 7.11. The lowest BCUT2D eigenvalue weighted by atomic mass is 10.2. The number of furan rings is 1. The lowest BCUT2D eigenvalue weighted by molar-refractivity contribution is 0.470. The summed E-state index contributed by atoms with van der Waals surface area (Å²) in [6.07, 6.45) is 1.54. The van der Waals surface area contributed by atoms with Gasteiger partial charge in [-0.3, -0.25) is 9.36 Å². The summed E-state index contributed by atoms with van der Waals surface area (Å²) in [4.78, 5) is 16.6. The van der Waals surface area contributed by atoms with E-state index in [1.165, 1.54) is 10.9 Å². The molecule has 0 aliphatic heterocycles. The van der Waals surface area contributed by atoms with Crippen molar-refractivity contribution >= 4 is 42.8 Å². The van der Waals surface area contributed by atoms with Crippen LogP contribution in [0.3, 0.4) is 0 Å². The van der Waals surface area contributed by atoms with E-state index in [2.05, 4.69) is 36.8 Å². The Kier molecular flexibility index (Phi) is 3.28. The first kappa shape index (κ1) is 12.6. The summed E-state index contributed by atoms with van der Waals surface area (Å²) in [6.45, 7) is 0.365. The van der Waals surface area contributed by atoms with E-state index < -0.39 is 0 Å². The van der Waals surface area contributed by atoms with E-state index in [1.807, 2.05) is 18.2 Å². The third-order valence-corrected chi connectivity index (χ3v) is 3.66. The maximum absolute atomic E-state index is 12.3. The zero-order chi connectivity index (χ0) is 13.4. The average molecular weight is 384 g/mol. The van der Waals surface area contributed by atoms with Gasteiger partial charge in [0.25, 0.3) is 5.56 Å². The SMILES string of the molecule is O=c1c2ccc(Br)cc2ncn1Cc1ccc(Br)o1. The standard InChI is InChI=1S/C13H8Br2N2O2/c14-8-1-3-10-11(5-8)16-7-17(13(10)18)6-9-2-4-12(15)19-9/h1-5,7H,6H2. The molecular formula is C13H8Br2N2O2. The van der Waals surface area contributed by atoms with Gasteiger partial charge in [0.1, 0.15) is 5.76 Å². The van der Waals surface area contributed by atoms with Gasteiger partial charge in [-0.1, -0.05) is 15.9 Å². The second-order valence-corrected chi connectivity index (χ2v) is 5.74. The fourth-order valence-electron chi connectivity index (χ4n) is 1.85. The molecule has 2 aromatic heterocycles. The van der Waals surface area contributed by atoms with E-state index in [0.29, 0.717) is 27.9 Å². The first-order chi connectivity index (χ1) is 9.13. The van der Waals surface area contributed by atoms with Gasteiger partial charge in [-0.2, -0.15) is 0 Å². The number of fused-ring (bicyclic) bond motifs is 1. The molecule has 0 saturated carbocycles. The Morgan fingerprint density at radius 2 is 2.05 bits per heavy atom. The van der Waals surface area contributed by atoms with Crippen molar-refractivity contribution in [2.45, 2.75) is 6.54 Å². The van der Waals surface area contributed by atoms with Gasteiger partial charge in [-0.05, 0) is 46.3 Å². The van der Waals surface area contributed by atoms with E-state index in [1.54, 1.807) is 12.1 Å². The summed E-state index contributed by atoms with van der Waals surface area (Å²) >= 11 is 6.60. The Labute approximate surface area is 125 Å². The highest BCUT2D eigenvalue weighted by Crippen LogP contribution is 2.16. The summed E-state index contributed by atoms with van der Waals surface area (Å²) in [5.74, 6) is 0.701. The second kappa shape index (κ2) is 4.94. The van der Waals surface area contributed by atoms with Crippen molar-refractivity contribution in [2.24, 2.45) is 0 Å². The maximum atomic E-state index is 12.3. The molecule has 0 saturated heterocycles. The first-order valence-electron chi connectivity index (χ1n) is 5.52. The van der Waals surface area contributed by atoms with E-state index in [-0.39, 0.29) is 5.56 Å². The van der Waals surface area contributed by atoms with Gasteiger partial charge < -0.3 is 4.42 Å². The van der Waals surface area contributed by atoms with Crippen molar-refractivity contribution in [1.29, 1.82) is 0 Å². The Balaban J connectivity index is 2.08. The van der Waals surface area contributed by atoms with Crippen molar-refractivity contribution in [3.05, 3.63) is 61.9 Å². The van der Waals surface area contributed by atoms with Crippen LogP contribution in [0, 0.1) is 0 Å². The zero-order valence-corrected chi connectivity index (χ0v) is 12.8. The lowest BCUT2D eigenvalue weighted by Crippen LogP contribution is -2.20. The minimum Gasteiger partial charge on any atom is -0.452 e. The molecule has 0 spiro atoms. The van der Waals surface area contributed by atoms with Gasteiger partial charge in [0.2, 0.25) is 0 Å². The van der Waals surface area contributed by atoms with Crippen molar-refractivity contribution < 1.29 is 4.42 Å². The molecule has 0 fully saturated rings. The van der Waals surface area contributed by atoms with Crippen LogP contribution in [0.5, 0.6) is 0 Å². The minimum absolute atomic E-state index is 0.0787. The van der Waals surface area contributed by atoms with Crippen LogP contribution in [0.25, 0.3) is 10.9 Å². The number of nitrogens with zero attached hydrogens (tertiary/aromatic N) is 2. The third-order valence-electron chi connectivity index (χ3n) is 2.74. The highest BCUT2D eigenvalue weighted by Gasteiger charge is 2.07. The molecule has 19 heavy (non-hydrogen) atoms.